The number of rotatable bonds is 20. The Morgan fingerprint density at radius 2 is 0.641 bits per heavy atom. The zero-order chi connectivity index (χ0) is 63.1. The number of carbonyl (C=O) groups excluding carboxylic acids is 6. The number of ether oxygens (including phenoxy) is 8. The van der Waals surface area contributed by atoms with Crippen LogP contribution in [0, 0.1) is 27.7 Å². The lowest BCUT2D eigenvalue weighted by Gasteiger charge is -2.35. The summed E-state index contributed by atoms with van der Waals surface area (Å²) in [5.74, 6) is -3.05. The molecule has 4 aliphatic heterocycles. The number of nitrogens with zero attached hydrogens (tertiary/aromatic N) is 2. The summed E-state index contributed by atoms with van der Waals surface area (Å²) in [5.41, 5.74) is 5.08. The van der Waals surface area contributed by atoms with Gasteiger partial charge in [0.1, 0.15) is 83.5 Å². The van der Waals surface area contributed by atoms with E-state index in [1.165, 1.54) is 0 Å². The van der Waals surface area contributed by atoms with E-state index in [0.29, 0.717) is 68.9 Å². The van der Waals surface area contributed by atoms with Crippen LogP contribution in [0.2, 0.25) is 0 Å². The highest BCUT2D eigenvalue weighted by atomic mass is 16.6. The van der Waals surface area contributed by atoms with Gasteiger partial charge in [0.25, 0.3) is 23.6 Å². The van der Waals surface area contributed by atoms with Gasteiger partial charge < -0.3 is 37.9 Å². The van der Waals surface area contributed by atoms with Crippen LogP contribution >= 0.6 is 0 Å². The molecule has 0 bridgehead atoms. The molecule has 4 amide bonds. The molecule has 0 saturated carbocycles. The Balaban J connectivity index is 1.08. The molecule has 456 valence electrons. The SMILES string of the molecule is Cc1ccc(Oc2cc3c4c(cc(Oc5ccc(C)cc5)c5c6c(Oc7ccc(C)cc7)cc7c8c(cc(Oc9ccc(C)cc9)c(c2c45)c86)C(=O)N(C(Cc2ccccc2)C(=O)OCC2CO2)C7=O)C(=O)N(C(Cc2ccccc2)C(=O)OCC2CO2)C3=O)cc1. The maximum absolute atomic E-state index is 16.1. The Hall–Kier alpha value is -10.9. The van der Waals surface area contributed by atoms with Crippen LogP contribution in [0.1, 0.15) is 74.8 Å². The summed E-state index contributed by atoms with van der Waals surface area (Å²) in [6.45, 7) is 8.40. The lowest BCUT2D eigenvalue weighted by atomic mass is 9.80. The van der Waals surface area contributed by atoms with Crippen LogP contribution in [-0.2, 0) is 41.4 Å². The minimum Gasteiger partial charge on any atom is -0.461 e. The summed E-state index contributed by atoms with van der Waals surface area (Å²) in [5, 5.41) is 2.13. The second-order valence-corrected chi connectivity index (χ2v) is 23.9. The second-order valence-electron chi connectivity index (χ2n) is 23.9. The van der Waals surface area contributed by atoms with Crippen molar-refractivity contribution in [2.45, 2.75) is 64.8 Å². The highest BCUT2D eigenvalue weighted by Gasteiger charge is 2.47. The predicted molar refractivity (Wildman–Crippen MR) is 343 cm³/mol. The van der Waals surface area contributed by atoms with Crippen LogP contribution in [0.3, 0.4) is 0 Å². The molecule has 4 unspecified atom stereocenters. The van der Waals surface area contributed by atoms with Crippen molar-refractivity contribution in [1.82, 2.24) is 9.80 Å². The van der Waals surface area contributed by atoms with Gasteiger partial charge in [0.15, 0.2) is 0 Å². The summed E-state index contributed by atoms with van der Waals surface area (Å²) < 4.78 is 51.2. The number of benzene rings is 11. The van der Waals surface area contributed by atoms with E-state index in [1.807, 2.05) is 137 Å². The van der Waals surface area contributed by atoms with E-state index in [9.17, 15) is 9.59 Å². The smallest absolute Gasteiger partial charge is 0.329 e. The van der Waals surface area contributed by atoms with Gasteiger partial charge in [-0.15, -0.1) is 0 Å². The summed E-state index contributed by atoms with van der Waals surface area (Å²) in [4.78, 5) is 95.9. The Morgan fingerprint density at radius 1 is 0.380 bits per heavy atom. The number of hydrogen-bond acceptors (Lipinski definition) is 14. The molecule has 15 rings (SSSR count). The molecule has 0 aliphatic carbocycles. The molecule has 0 spiro atoms. The van der Waals surface area contributed by atoms with Gasteiger partial charge in [0.05, 0.1) is 35.5 Å². The van der Waals surface area contributed by atoms with Gasteiger partial charge in [-0.05, 0) is 112 Å². The Bertz CT molecular complexity index is 4290. The maximum Gasteiger partial charge on any atom is 0.329 e. The molecule has 4 atom stereocenters. The summed E-state index contributed by atoms with van der Waals surface area (Å²) in [6, 6.07) is 50.9. The Morgan fingerprint density at radius 3 is 0.891 bits per heavy atom. The van der Waals surface area contributed by atoms with E-state index >= 15 is 19.2 Å². The molecule has 16 nitrogen and oxygen atoms in total. The number of hydrogen-bond donors (Lipinski definition) is 0. The number of esters is 2. The molecular formula is C76H58N2O14. The molecule has 11 aromatic rings. The number of imide groups is 2. The highest BCUT2D eigenvalue weighted by molar-refractivity contribution is 6.45. The van der Waals surface area contributed by atoms with Crippen LogP contribution in [0.15, 0.2) is 182 Å². The number of aryl methyl sites for hydroxylation is 4. The van der Waals surface area contributed by atoms with Crippen molar-refractivity contribution in [2.24, 2.45) is 0 Å². The molecule has 11 aromatic carbocycles. The molecular weight excluding hydrogens is 1160 g/mol. The molecule has 4 heterocycles. The van der Waals surface area contributed by atoms with E-state index in [-0.39, 0.29) is 105 Å². The summed E-state index contributed by atoms with van der Waals surface area (Å²) >= 11 is 0. The van der Waals surface area contributed by atoms with Gasteiger partial charge in [-0.3, -0.25) is 29.0 Å². The van der Waals surface area contributed by atoms with E-state index in [2.05, 4.69) is 0 Å². The van der Waals surface area contributed by atoms with Gasteiger partial charge in [-0.1, -0.05) is 131 Å². The van der Waals surface area contributed by atoms with Gasteiger partial charge in [0, 0.05) is 55.9 Å². The van der Waals surface area contributed by atoms with Crippen molar-refractivity contribution in [1.29, 1.82) is 0 Å². The molecule has 0 radical (unpaired) electrons. The van der Waals surface area contributed by atoms with Crippen LogP contribution < -0.4 is 18.9 Å². The normalized spacial score (nSPS) is 16.3. The van der Waals surface area contributed by atoms with E-state index in [4.69, 9.17) is 37.9 Å². The minimum atomic E-state index is -1.47. The quantitative estimate of drug-likeness (QED) is 0.0230. The molecule has 2 saturated heterocycles. The molecule has 92 heavy (non-hydrogen) atoms. The third-order valence-electron chi connectivity index (χ3n) is 17.3. The zero-order valence-corrected chi connectivity index (χ0v) is 50.5. The third kappa shape index (κ3) is 10.6. The molecule has 16 heteroatoms. The molecule has 2 fully saturated rings. The lowest BCUT2D eigenvalue weighted by molar-refractivity contribution is -0.149. The topological polar surface area (TPSA) is 189 Å². The first kappa shape index (κ1) is 57.5. The standard InChI is InChI=1S/C76H58N2O14/c1-41-15-23-47(24-16-41)89-59-33-53-63-54(72(80)77(71(53)79)57(31-45-11-7-5-8-12-45)75(83)87-39-51-37-85-51)35-61(91-49-27-19-43(3)20-28-49)67-68-62(92-50-29-21-44(4)22-30-50)36-56-64-55(34-60(66(70(64)68)65(59)69(63)67)90-48-25-17-42(2)18-26-48)73(81)78(74(56)82)58(32-46-13-9-6-10-14-46)76(84)88-40-52-38-86-52/h5-30,33-36,51-52,57-58H,31-32,37-40H2,1-4H3. The molecule has 4 aliphatic rings. The van der Waals surface area contributed by atoms with Crippen LogP contribution in [0.25, 0.3) is 43.1 Å². The summed E-state index contributed by atoms with van der Waals surface area (Å²) in [6.07, 6.45) is -0.816. The van der Waals surface area contributed by atoms with E-state index in [0.717, 1.165) is 32.1 Å². The monoisotopic (exact) mass is 1220 g/mol. The van der Waals surface area contributed by atoms with E-state index < -0.39 is 47.7 Å². The first-order valence-corrected chi connectivity index (χ1v) is 30.5. The Labute approximate surface area is 527 Å². The van der Waals surface area contributed by atoms with Crippen LogP contribution in [0.5, 0.6) is 46.0 Å². The lowest BCUT2D eigenvalue weighted by Crippen LogP contribution is -2.52. The molecule has 0 aromatic heterocycles. The van der Waals surface area contributed by atoms with Gasteiger partial charge >= 0.3 is 11.9 Å². The van der Waals surface area contributed by atoms with Crippen molar-refractivity contribution in [3.63, 3.8) is 0 Å². The molecule has 0 N–H and O–H groups in total. The first-order valence-electron chi connectivity index (χ1n) is 30.5. The summed E-state index contributed by atoms with van der Waals surface area (Å²) in [7, 11) is 0. The average molecular weight is 1220 g/mol. The number of carbonyl (C=O) groups is 6. The highest BCUT2D eigenvalue weighted by Crippen LogP contribution is 2.58. The minimum absolute atomic E-state index is 0.00151. The number of fused-ring (bicyclic) bond motifs is 2. The predicted octanol–water partition coefficient (Wildman–Crippen LogP) is 14.4. The van der Waals surface area contributed by atoms with Crippen LogP contribution in [-0.4, -0.2) is 96.1 Å². The first-order chi connectivity index (χ1) is 44.7. The van der Waals surface area contributed by atoms with Crippen molar-refractivity contribution >= 4 is 78.7 Å². The second kappa shape index (κ2) is 23.1. The van der Waals surface area contributed by atoms with E-state index in [1.54, 1.807) is 72.8 Å². The Kier molecular flexibility index (Phi) is 14.5. The fraction of sp³-hybridized carbons (Fsp3) is 0.184. The largest absolute Gasteiger partial charge is 0.461 e. The third-order valence-corrected chi connectivity index (χ3v) is 17.3. The fourth-order valence-corrected chi connectivity index (χ4v) is 12.5. The van der Waals surface area contributed by atoms with Crippen molar-refractivity contribution in [3.05, 3.63) is 238 Å². The van der Waals surface area contributed by atoms with Crippen molar-refractivity contribution in [2.75, 3.05) is 26.4 Å². The van der Waals surface area contributed by atoms with Gasteiger partial charge in [-0.25, -0.2) is 9.59 Å². The van der Waals surface area contributed by atoms with Crippen molar-refractivity contribution < 1.29 is 66.7 Å². The zero-order valence-electron chi connectivity index (χ0n) is 50.5. The average Bonchev–Trinajstić information content (AvgIpc) is 0.898. The van der Waals surface area contributed by atoms with Crippen LogP contribution in [0.4, 0.5) is 0 Å². The number of amides is 4. The number of epoxide rings is 2. The van der Waals surface area contributed by atoms with Gasteiger partial charge in [0.2, 0.25) is 0 Å². The van der Waals surface area contributed by atoms with Crippen molar-refractivity contribution in [3.8, 4) is 46.0 Å². The fourth-order valence-electron chi connectivity index (χ4n) is 12.5. The van der Waals surface area contributed by atoms with Gasteiger partial charge in [-0.2, -0.15) is 0 Å². The maximum atomic E-state index is 16.1.